The first-order valence-electron chi connectivity index (χ1n) is 7.22. The van der Waals surface area contributed by atoms with Crippen LogP contribution in [0.25, 0.3) is 22.6 Å². The lowest BCUT2D eigenvalue weighted by atomic mass is 10.2. The fourth-order valence-electron chi connectivity index (χ4n) is 2.21. The summed E-state index contributed by atoms with van der Waals surface area (Å²) in [6, 6.07) is 11.3. The molecule has 0 spiro atoms. The number of H-pyrrole nitrogens is 1. The van der Waals surface area contributed by atoms with Crippen LogP contribution in [0, 0.1) is 0 Å². The number of hydrogen-bond acceptors (Lipinski definition) is 7. The van der Waals surface area contributed by atoms with Crippen LogP contribution in [0.1, 0.15) is 5.89 Å². The van der Waals surface area contributed by atoms with Crippen LogP contribution in [0.2, 0.25) is 0 Å². The Balaban J connectivity index is 1.48. The number of rotatable bonds is 5. The van der Waals surface area contributed by atoms with Gasteiger partial charge in [-0.25, -0.2) is 9.97 Å². The highest BCUT2D eigenvalue weighted by Crippen LogP contribution is 2.24. The minimum absolute atomic E-state index is 0.525. The van der Waals surface area contributed by atoms with Crippen LogP contribution in [0.3, 0.4) is 0 Å². The maximum atomic E-state index is 5.31. The van der Waals surface area contributed by atoms with Crippen molar-refractivity contribution < 1.29 is 9.26 Å². The van der Waals surface area contributed by atoms with Gasteiger partial charge in [-0.2, -0.15) is 4.98 Å². The van der Waals surface area contributed by atoms with E-state index in [0.717, 1.165) is 22.0 Å². The number of methoxy groups -OCH3 is 1. The Morgan fingerprint density at radius 3 is 3.04 bits per heavy atom. The van der Waals surface area contributed by atoms with Gasteiger partial charge in [-0.1, -0.05) is 29.1 Å². The van der Waals surface area contributed by atoms with Crippen molar-refractivity contribution in [3.05, 3.63) is 48.5 Å². The van der Waals surface area contributed by atoms with E-state index in [4.69, 9.17) is 9.26 Å². The molecule has 0 saturated carbocycles. The first-order chi connectivity index (χ1) is 11.8. The molecule has 0 aliphatic heterocycles. The quantitative estimate of drug-likeness (QED) is 0.558. The summed E-state index contributed by atoms with van der Waals surface area (Å²) in [4.78, 5) is 16.2. The zero-order valence-electron chi connectivity index (χ0n) is 12.8. The highest BCUT2D eigenvalue weighted by molar-refractivity contribution is 7.98. The third-order valence-corrected chi connectivity index (χ3v) is 4.22. The summed E-state index contributed by atoms with van der Waals surface area (Å²) in [6.45, 7) is 0. The molecule has 0 unspecified atom stereocenters. The molecule has 0 atom stereocenters. The third-order valence-electron chi connectivity index (χ3n) is 3.36. The second-order valence-corrected chi connectivity index (χ2v) is 5.91. The summed E-state index contributed by atoms with van der Waals surface area (Å²) in [5.41, 5.74) is 2.45. The molecule has 24 heavy (non-hydrogen) atoms. The van der Waals surface area contributed by atoms with Crippen molar-refractivity contribution in [3.8, 4) is 17.1 Å². The molecule has 0 fully saturated rings. The number of ether oxygens (including phenoxy) is 1. The lowest BCUT2D eigenvalue weighted by molar-refractivity contribution is 0.391. The second kappa shape index (κ2) is 6.32. The van der Waals surface area contributed by atoms with Gasteiger partial charge in [0.15, 0.2) is 10.8 Å². The fourth-order valence-corrected chi connectivity index (χ4v) is 2.92. The summed E-state index contributed by atoms with van der Waals surface area (Å²) in [7, 11) is 1.62. The summed E-state index contributed by atoms with van der Waals surface area (Å²) >= 11 is 1.49. The highest BCUT2D eigenvalue weighted by atomic mass is 32.2. The zero-order valence-corrected chi connectivity index (χ0v) is 13.6. The van der Waals surface area contributed by atoms with Gasteiger partial charge >= 0.3 is 0 Å². The molecule has 0 amide bonds. The Hall–Kier alpha value is -2.87. The van der Waals surface area contributed by atoms with E-state index >= 15 is 0 Å². The molecule has 120 valence electrons. The van der Waals surface area contributed by atoms with Crippen LogP contribution >= 0.6 is 11.8 Å². The Kier molecular flexibility index (Phi) is 3.87. The molecule has 8 heteroatoms. The SMILES string of the molecule is COc1cccc(-c2noc(CSc3nc4ncccc4[nH]3)n2)c1. The number of nitrogens with zero attached hydrogens (tertiary/aromatic N) is 4. The third kappa shape index (κ3) is 2.95. The smallest absolute Gasteiger partial charge is 0.237 e. The van der Waals surface area contributed by atoms with E-state index < -0.39 is 0 Å². The Morgan fingerprint density at radius 2 is 2.17 bits per heavy atom. The second-order valence-electron chi connectivity index (χ2n) is 4.95. The van der Waals surface area contributed by atoms with Gasteiger partial charge in [0.2, 0.25) is 11.7 Å². The summed E-state index contributed by atoms with van der Waals surface area (Å²) in [6.07, 6.45) is 1.72. The lowest BCUT2D eigenvalue weighted by Gasteiger charge is -1.99. The van der Waals surface area contributed by atoms with Crippen molar-refractivity contribution in [1.82, 2.24) is 25.1 Å². The Bertz CT molecular complexity index is 948. The van der Waals surface area contributed by atoms with Crippen LogP contribution < -0.4 is 4.74 Å². The van der Waals surface area contributed by atoms with Gasteiger partial charge < -0.3 is 14.2 Å². The molecule has 4 rings (SSSR count). The molecule has 3 heterocycles. The standard InChI is InChI=1S/C16H13N5O2S/c1-22-11-5-2-4-10(8-11)14-19-13(23-21-14)9-24-16-18-12-6-3-7-17-15(12)20-16/h2-8H,9H2,1H3,(H,17,18,20). The summed E-state index contributed by atoms with van der Waals surface area (Å²) < 4.78 is 10.5. The molecule has 4 aromatic rings. The fraction of sp³-hybridized carbons (Fsp3) is 0.125. The van der Waals surface area contributed by atoms with Crippen LogP contribution in [0.4, 0.5) is 0 Å². The highest BCUT2D eigenvalue weighted by Gasteiger charge is 2.11. The van der Waals surface area contributed by atoms with Gasteiger partial charge in [-0.3, -0.25) is 0 Å². The minimum Gasteiger partial charge on any atom is -0.497 e. The van der Waals surface area contributed by atoms with Gasteiger partial charge in [-0.15, -0.1) is 0 Å². The number of thioether (sulfide) groups is 1. The largest absolute Gasteiger partial charge is 0.497 e. The number of aromatic nitrogens is 5. The molecular weight excluding hydrogens is 326 g/mol. The number of aromatic amines is 1. The van der Waals surface area contributed by atoms with Gasteiger partial charge in [0.05, 0.1) is 18.4 Å². The van der Waals surface area contributed by atoms with Crippen LogP contribution in [0.5, 0.6) is 5.75 Å². The van der Waals surface area contributed by atoms with E-state index in [2.05, 4.69) is 25.1 Å². The maximum Gasteiger partial charge on any atom is 0.237 e. The Labute approximate surface area is 141 Å². The Morgan fingerprint density at radius 1 is 1.21 bits per heavy atom. The number of nitrogens with one attached hydrogen (secondary N) is 1. The average Bonchev–Trinajstić information content (AvgIpc) is 3.26. The first-order valence-corrected chi connectivity index (χ1v) is 8.21. The number of hydrogen-bond donors (Lipinski definition) is 1. The monoisotopic (exact) mass is 339 g/mol. The van der Waals surface area contributed by atoms with Crippen molar-refractivity contribution in [2.75, 3.05) is 7.11 Å². The first kappa shape index (κ1) is 14.7. The molecule has 0 bridgehead atoms. The normalized spacial score (nSPS) is 11.0. The minimum atomic E-state index is 0.525. The number of pyridine rings is 1. The number of benzene rings is 1. The lowest BCUT2D eigenvalue weighted by Crippen LogP contribution is -1.86. The van der Waals surface area contributed by atoms with Crippen LogP contribution in [0.15, 0.2) is 52.3 Å². The molecule has 7 nitrogen and oxygen atoms in total. The van der Waals surface area contributed by atoms with Gasteiger partial charge in [0.1, 0.15) is 5.75 Å². The van der Waals surface area contributed by atoms with Crippen molar-refractivity contribution in [2.24, 2.45) is 0 Å². The average molecular weight is 339 g/mol. The molecule has 0 radical (unpaired) electrons. The van der Waals surface area contributed by atoms with Gasteiger partial charge in [0.25, 0.3) is 0 Å². The topological polar surface area (TPSA) is 89.7 Å². The van der Waals surface area contributed by atoms with E-state index in [0.29, 0.717) is 23.1 Å². The number of imidazole rings is 1. The molecule has 3 aromatic heterocycles. The summed E-state index contributed by atoms with van der Waals surface area (Å²) in [5.74, 6) is 2.35. The predicted molar refractivity (Wildman–Crippen MR) is 89.7 cm³/mol. The molecular formula is C16H13N5O2S. The van der Waals surface area contributed by atoms with Crippen LogP contribution in [-0.2, 0) is 5.75 Å². The van der Waals surface area contributed by atoms with Gasteiger partial charge in [0, 0.05) is 11.8 Å². The molecule has 1 aromatic carbocycles. The molecule has 0 saturated heterocycles. The van der Waals surface area contributed by atoms with Crippen molar-refractivity contribution in [1.29, 1.82) is 0 Å². The van der Waals surface area contributed by atoms with Crippen molar-refractivity contribution in [2.45, 2.75) is 10.9 Å². The number of fused-ring (bicyclic) bond motifs is 1. The van der Waals surface area contributed by atoms with E-state index in [1.165, 1.54) is 11.8 Å². The maximum absolute atomic E-state index is 5.31. The van der Waals surface area contributed by atoms with E-state index in [-0.39, 0.29) is 0 Å². The molecule has 0 aliphatic rings. The van der Waals surface area contributed by atoms with Crippen LogP contribution in [-0.4, -0.2) is 32.2 Å². The summed E-state index contributed by atoms with van der Waals surface area (Å²) in [5, 5.41) is 4.79. The molecule has 0 aliphatic carbocycles. The zero-order chi connectivity index (χ0) is 16.4. The predicted octanol–water partition coefficient (Wildman–Crippen LogP) is 3.31. The molecule has 1 N–H and O–H groups in total. The van der Waals surface area contributed by atoms with E-state index in [1.807, 2.05) is 36.4 Å². The van der Waals surface area contributed by atoms with E-state index in [1.54, 1.807) is 13.3 Å². The van der Waals surface area contributed by atoms with Crippen molar-refractivity contribution in [3.63, 3.8) is 0 Å². The van der Waals surface area contributed by atoms with Crippen molar-refractivity contribution >= 4 is 22.9 Å². The van der Waals surface area contributed by atoms with E-state index in [9.17, 15) is 0 Å². The van der Waals surface area contributed by atoms with Gasteiger partial charge in [-0.05, 0) is 24.3 Å².